The summed E-state index contributed by atoms with van der Waals surface area (Å²) in [5, 5.41) is 9.92. The van der Waals surface area contributed by atoms with Crippen molar-refractivity contribution < 1.29 is 24.2 Å². The first-order valence-electron chi connectivity index (χ1n) is 11.6. The molecule has 0 amide bonds. The van der Waals surface area contributed by atoms with Crippen LogP contribution in [0.5, 0.6) is 0 Å². The molecule has 30 heavy (non-hydrogen) atoms. The van der Waals surface area contributed by atoms with Crippen LogP contribution in [0.25, 0.3) is 0 Å². The maximum absolute atomic E-state index is 12.9. The fourth-order valence-corrected chi connectivity index (χ4v) is 5.08. The number of allylic oxidation sites excluding steroid dienone is 3. The molecule has 0 unspecified atom stereocenters. The van der Waals surface area contributed by atoms with Crippen LogP contribution in [-0.4, -0.2) is 35.4 Å². The maximum Gasteiger partial charge on any atom is 0.311 e. The molecule has 5 nitrogen and oxygen atoms in total. The number of cyclic esters (lactones) is 1. The van der Waals surface area contributed by atoms with Crippen LogP contribution in [0.2, 0.25) is 0 Å². The van der Waals surface area contributed by atoms with Crippen molar-refractivity contribution in [1.82, 2.24) is 0 Å². The zero-order valence-corrected chi connectivity index (χ0v) is 19.1. The van der Waals surface area contributed by atoms with Gasteiger partial charge >= 0.3 is 11.9 Å². The maximum atomic E-state index is 12.9. The SMILES string of the molecule is CCC(C)(C)C(=O)O[C@@H]1C[C@H](C)C=C2C=C[C@H](C)[C@@H](CC[C@@H]3C[C@H](O)CC(=O)O3)[C@@H]21. The van der Waals surface area contributed by atoms with Crippen LogP contribution in [0.3, 0.4) is 0 Å². The second-order valence-electron chi connectivity index (χ2n) is 10.3. The van der Waals surface area contributed by atoms with E-state index in [0.717, 1.165) is 25.7 Å². The number of aliphatic hydroxyl groups is 1. The summed E-state index contributed by atoms with van der Waals surface area (Å²) >= 11 is 0. The fourth-order valence-electron chi connectivity index (χ4n) is 5.08. The summed E-state index contributed by atoms with van der Waals surface area (Å²) in [5.74, 6) is 0.776. The van der Waals surface area contributed by atoms with Crippen LogP contribution in [0, 0.1) is 29.1 Å². The molecular formula is C25H38O5. The largest absolute Gasteiger partial charge is 0.462 e. The molecule has 7 atom stereocenters. The Kier molecular flexibility index (Phi) is 7.11. The second-order valence-corrected chi connectivity index (χ2v) is 10.3. The van der Waals surface area contributed by atoms with Crippen molar-refractivity contribution in [1.29, 1.82) is 0 Å². The summed E-state index contributed by atoms with van der Waals surface area (Å²) in [4.78, 5) is 24.6. The Morgan fingerprint density at radius 3 is 2.67 bits per heavy atom. The molecule has 168 valence electrons. The topological polar surface area (TPSA) is 72.8 Å². The Hall–Kier alpha value is -1.62. The zero-order chi connectivity index (χ0) is 22.1. The number of aliphatic hydroxyl groups excluding tert-OH is 1. The molecule has 0 bridgehead atoms. The Morgan fingerprint density at radius 1 is 1.27 bits per heavy atom. The normalized spacial score (nSPS) is 36.5. The van der Waals surface area contributed by atoms with Crippen molar-refractivity contribution in [3.05, 3.63) is 23.8 Å². The predicted molar refractivity (Wildman–Crippen MR) is 115 cm³/mol. The van der Waals surface area contributed by atoms with Crippen molar-refractivity contribution in [2.24, 2.45) is 29.1 Å². The smallest absolute Gasteiger partial charge is 0.311 e. The third-order valence-electron chi connectivity index (χ3n) is 7.35. The quantitative estimate of drug-likeness (QED) is 0.639. The highest BCUT2D eigenvalue weighted by atomic mass is 16.6. The Balaban J connectivity index is 1.76. The van der Waals surface area contributed by atoms with Gasteiger partial charge in [0.1, 0.15) is 12.2 Å². The number of rotatable bonds is 6. The van der Waals surface area contributed by atoms with E-state index in [4.69, 9.17) is 9.47 Å². The molecule has 1 fully saturated rings. The molecule has 1 aliphatic heterocycles. The number of hydrogen-bond acceptors (Lipinski definition) is 5. The van der Waals surface area contributed by atoms with Gasteiger partial charge in [0.25, 0.3) is 0 Å². The molecule has 3 rings (SSSR count). The van der Waals surface area contributed by atoms with E-state index in [2.05, 4.69) is 32.1 Å². The average molecular weight is 419 g/mol. The number of esters is 2. The first kappa shape index (κ1) is 23.1. The van der Waals surface area contributed by atoms with E-state index in [1.807, 2.05) is 20.8 Å². The van der Waals surface area contributed by atoms with Crippen LogP contribution < -0.4 is 0 Å². The van der Waals surface area contributed by atoms with E-state index in [1.165, 1.54) is 5.57 Å². The molecule has 1 heterocycles. The third-order valence-corrected chi connectivity index (χ3v) is 7.35. The minimum atomic E-state index is -0.601. The van der Waals surface area contributed by atoms with E-state index in [0.29, 0.717) is 24.2 Å². The summed E-state index contributed by atoms with van der Waals surface area (Å²) in [6.45, 7) is 10.3. The highest BCUT2D eigenvalue weighted by Gasteiger charge is 2.43. The number of hydrogen-bond donors (Lipinski definition) is 1. The Bertz CT molecular complexity index is 706. The van der Waals surface area contributed by atoms with E-state index in [-0.39, 0.29) is 36.5 Å². The van der Waals surface area contributed by atoms with Gasteiger partial charge in [-0.05, 0) is 62.9 Å². The van der Waals surface area contributed by atoms with Gasteiger partial charge in [-0.3, -0.25) is 9.59 Å². The highest BCUT2D eigenvalue weighted by molar-refractivity contribution is 5.76. The molecule has 0 aromatic heterocycles. The van der Waals surface area contributed by atoms with E-state index in [9.17, 15) is 14.7 Å². The van der Waals surface area contributed by atoms with Gasteiger partial charge in [0.15, 0.2) is 0 Å². The first-order valence-corrected chi connectivity index (χ1v) is 11.6. The summed E-state index contributed by atoms with van der Waals surface area (Å²) < 4.78 is 11.6. The standard InChI is InChI=1S/C25H38O5/c1-6-25(4,5)24(28)30-21-12-15(2)11-17-8-7-16(3)20(23(17)21)10-9-19-13-18(26)14-22(27)29-19/h7-8,11,15-16,18-21,23,26H,6,9-10,12-14H2,1-5H3/t15-,16+,18+,19-,20-,21-,23-/m1/s1. The summed E-state index contributed by atoms with van der Waals surface area (Å²) in [6, 6.07) is 0. The molecule has 0 aromatic rings. The molecule has 1 N–H and O–H groups in total. The van der Waals surface area contributed by atoms with Crippen molar-refractivity contribution in [3.63, 3.8) is 0 Å². The zero-order valence-electron chi connectivity index (χ0n) is 19.1. The van der Waals surface area contributed by atoms with Crippen molar-refractivity contribution in [3.8, 4) is 0 Å². The lowest BCUT2D eigenvalue weighted by atomic mass is 9.65. The monoisotopic (exact) mass is 418 g/mol. The lowest BCUT2D eigenvalue weighted by molar-refractivity contribution is -0.166. The van der Waals surface area contributed by atoms with E-state index < -0.39 is 11.5 Å². The van der Waals surface area contributed by atoms with Gasteiger partial charge in [-0.2, -0.15) is 0 Å². The molecule has 1 saturated heterocycles. The van der Waals surface area contributed by atoms with Crippen LogP contribution in [0.15, 0.2) is 23.8 Å². The predicted octanol–water partition coefficient (Wildman–Crippen LogP) is 4.59. The van der Waals surface area contributed by atoms with E-state index in [1.54, 1.807) is 0 Å². The first-order chi connectivity index (χ1) is 14.1. The fraction of sp³-hybridized carbons (Fsp3) is 0.760. The number of carbonyl (C=O) groups excluding carboxylic acids is 2. The molecule has 2 aliphatic carbocycles. The summed E-state index contributed by atoms with van der Waals surface area (Å²) in [7, 11) is 0. The molecular weight excluding hydrogens is 380 g/mol. The van der Waals surface area contributed by atoms with Crippen molar-refractivity contribution >= 4 is 11.9 Å². The van der Waals surface area contributed by atoms with Gasteiger partial charge in [-0.1, -0.05) is 39.0 Å². The molecule has 0 radical (unpaired) electrons. The lowest BCUT2D eigenvalue weighted by Gasteiger charge is -2.44. The number of fused-ring (bicyclic) bond motifs is 1. The average Bonchev–Trinajstić information content (AvgIpc) is 2.66. The molecule has 0 aromatic carbocycles. The van der Waals surface area contributed by atoms with Crippen LogP contribution >= 0.6 is 0 Å². The van der Waals surface area contributed by atoms with Crippen molar-refractivity contribution in [2.75, 3.05) is 0 Å². The number of ether oxygens (including phenoxy) is 2. The van der Waals surface area contributed by atoms with Gasteiger partial charge in [-0.15, -0.1) is 0 Å². The van der Waals surface area contributed by atoms with Gasteiger partial charge in [0.05, 0.1) is 17.9 Å². The molecule has 3 aliphatic rings. The van der Waals surface area contributed by atoms with Crippen molar-refractivity contribution in [2.45, 2.75) is 91.5 Å². The summed E-state index contributed by atoms with van der Waals surface area (Å²) in [5.41, 5.74) is 0.785. The number of carbonyl (C=O) groups is 2. The highest BCUT2D eigenvalue weighted by Crippen LogP contribution is 2.45. The Labute approximate surface area is 180 Å². The third kappa shape index (κ3) is 5.16. The summed E-state index contributed by atoms with van der Waals surface area (Å²) in [6.07, 6.45) is 9.61. The van der Waals surface area contributed by atoms with Crippen LogP contribution in [0.1, 0.15) is 73.1 Å². The minimum absolute atomic E-state index is 0.0949. The van der Waals surface area contributed by atoms with Gasteiger partial charge in [-0.25, -0.2) is 0 Å². The molecule has 0 saturated carbocycles. The van der Waals surface area contributed by atoms with Crippen LogP contribution in [-0.2, 0) is 19.1 Å². The second kappa shape index (κ2) is 9.25. The van der Waals surface area contributed by atoms with Gasteiger partial charge in [0, 0.05) is 12.3 Å². The minimum Gasteiger partial charge on any atom is -0.462 e. The van der Waals surface area contributed by atoms with E-state index >= 15 is 0 Å². The van der Waals surface area contributed by atoms with Crippen LogP contribution in [0.4, 0.5) is 0 Å². The Morgan fingerprint density at radius 2 is 2.00 bits per heavy atom. The van der Waals surface area contributed by atoms with Gasteiger partial charge < -0.3 is 14.6 Å². The lowest BCUT2D eigenvalue weighted by Crippen LogP contribution is -2.43. The molecule has 5 heteroatoms. The van der Waals surface area contributed by atoms with Gasteiger partial charge in [0.2, 0.25) is 0 Å². The molecule has 0 spiro atoms.